The number of para-hydroxylation sites is 2. The Morgan fingerprint density at radius 2 is 2.14 bits per heavy atom. The third-order valence-electron chi connectivity index (χ3n) is 3.53. The molecule has 3 rings (SSSR count). The van der Waals surface area contributed by atoms with Crippen molar-refractivity contribution in [1.82, 2.24) is 9.78 Å². The van der Waals surface area contributed by atoms with Gasteiger partial charge >= 0.3 is 0 Å². The molecule has 2 amide bonds. The molecule has 0 atom stereocenters. The van der Waals surface area contributed by atoms with Crippen LogP contribution in [0, 0.1) is 0 Å². The second kappa shape index (κ2) is 5.05. The quantitative estimate of drug-likeness (QED) is 0.910. The molecule has 1 aromatic carbocycles. The summed E-state index contributed by atoms with van der Waals surface area (Å²) in [6.45, 7) is 2.00. The predicted octanol–water partition coefficient (Wildman–Crippen LogP) is 1.58. The minimum absolute atomic E-state index is 0.0164. The van der Waals surface area contributed by atoms with Crippen LogP contribution >= 0.6 is 0 Å². The maximum Gasteiger partial charge on any atom is 0.277 e. The molecule has 108 valence electrons. The van der Waals surface area contributed by atoms with Crippen molar-refractivity contribution in [3.8, 4) is 0 Å². The van der Waals surface area contributed by atoms with Crippen LogP contribution in [0.2, 0.25) is 0 Å². The molecule has 1 aromatic heterocycles. The summed E-state index contributed by atoms with van der Waals surface area (Å²) in [5.74, 6) is -0.410. The lowest BCUT2D eigenvalue weighted by Gasteiger charge is -2.28. The molecule has 0 bridgehead atoms. The molecule has 6 nitrogen and oxygen atoms in total. The van der Waals surface area contributed by atoms with Gasteiger partial charge in [0.05, 0.1) is 17.1 Å². The van der Waals surface area contributed by atoms with Crippen LogP contribution in [0.1, 0.15) is 23.1 Å². The second-order valence-electron chi connectivity index (χ2n) is 4.95. The number of hydrogen-bond acceptors (Lipinski definition) is 3. The van der Waals surface area contributed by atoms with E-state index in [0.29, 0.717) is 17.1 Å². The molecule has 1 aliphatic rings. The molecule has 0 radical (unpaired) electrons. The fraction of sp³-hybridized carbons (Fsp3) is 0.267. The van der Waals surface area contributed by atoms with Gasteiger partial charge in [0.2, 0.25) is 5.91 Å². The molecule has 2 heterocycles. The highest BCUT2D eigenvalue weighted by atomic mass is 16.2. The highest BCUT2D eigenvalue weighted by molar-refractivity contribution is 6.14. The van der Waals surface area contributed by atoms with Crippen molar-refractivity contribution in [2.24, 2.45) is 7.05 Å². The van der Waals surface area contributed by atoms with E-state index in [9.17, 15) is 9.59 Å². The van der Waals surface area contributed by atoms with Gasteiger partial charge in [0.15, 0.2) is 0 Å². The Morgan fingerprint density at radius 3 is 2.86 bits per heavy atom. The van der Waals surface area contributed by atoms with E-state index in [1.165, 1.54) is 4.90 Å². The van der Waals surface area contributed by atoms with Gasteiger partial charge in [-0.25, -0.2) is 0 Å². The third-order valence-corrected chi connectivity index (χ3v) is 3.53. The molecule has 2 aromatic rings. The smallest absolute Gasteiger partial charge is 0.277 e. The minimum Gasteiger partial charge on any atom is -0.323 e. The molecular weight excluding hydrogens is 268 g/mol. The average molecular weight is 284 g/mol. The van der Waals surface area contributed by atoms with Crippen LogP contribution in [-0.2, 0) is 18.3 Å². The predicted molar refractivity (Wildman–Crippen MR) is 79.3 cm³/mol. The second-order valence-corrected chi connectivity index (χ2v) is 4.95. The average Bonchev–Trinajstić information content (AvgIpc) is 2.86. The summed E-state index contributed by atoms with van der Waals surface area (Å²) in [6, 6.07) is 9.05. The lowest BCUT2D eigenvalue weighted by molar-refractivity contribution is -0.115. The Balaban J connectivity index is 2.01. The van der Waals surface area contributed by atoms with Gasteiger partial charge in [-0.1, -0.05) is 19.1 Å². The molecule has 0 unspecified atom stereocenters. The van der Waals surface area contributed by atoms with Gasteiger partial charge in [-0.15, -0.1) is 0 Å². The lowest BCUT2D eigenvalue weighted by atomic mass is 10.1. The number of hydrogen-bond donors (Lipinski definition) is 1. The number of rotatable bonds is 2. The summed E-state index contributed by atoms with van der Waals surface area (Å²) in [6.07, 6.45) is 0.762. The summed E-state index contributed by atoms with van der Waals surface area (Å²) >= 11 is 0. The van der Waals surface area contributed by atoms with Gasteiger partial charge in [0, 0.05) is 7.05 Å². The molecule has 0 aliphatic carbocycles. The fourth-order valence-electron chi connectivity index (χ4n) is 2.45. The van der Waals surface area contributed by atoms with E-state index in [1.807, 2.05) is 25.1 Å². The Labute approximate surface area is 122 Å². The molecule has 0 fully saturated rings. The zero-order valence-corrected chi connectivity index (χ0v) is 12.0. The molecule has 6 heteroatoms. The van der Waals surface area contributed by atoms with Gasteiger partial charge in [-0.05, 0) is 24.6 Å². The fourth-order valence-corrected chi connectivity index (χ4v) is 2.45. The van der Waals surface area contributed by atoms with E-state index in [0.717, 1.165) is 12.1 Å². The first-order valence-electron chi connectivity index (χ1n) is 6.84. The van der Waals surface area contributed by atoms with Crippen LogP contribution in [0.4, 0.5) is 11.4 Å². The van der Waals surface area contributed by atoms with Crippen molar-refractivity contribution >= 4 is 23.2 Å². The lowest BCUT2D eigenvalue weighted by Crippen LogP contribution is -2.42. The van der Waals surface area contributed by atoms with Crippen molar-refractivity contribution in [1.29, 1.82) is 0 Å². The van der Waals surface area contributed by atoms with E-state index in [4.69, 9.17) is 0 Å². The summed E-state index contributed by atoms with van der Waals surface area (Å²) in [7, 11) is 1.74. The van der Waals surface area contributed by atoms with Gasteiger partial charge in [0.25, 0.3) is 5.91 Å². The van der Waals surface area contributed by atoms with Crippen molar-refractivity contribution in [3.05, 3.63) is 41.7 Å². The highest BCUT2D eigenvalue weighted by Gasteiger charge is 2.29. The van der Waals surface area contributed by atoms with Crippen LogP contribution in [-0.4, -0.2) is 28.1 Å². The van der Waals surface area contributed by atoms with Crippen LogP contribution in [0.3, 0.4) is 0 Å². The highest BCUT2D eigenvalue weighted by Crippen LogP contribution is 2.30. The Bertz CT molecular complexity index is 720. The maximum atomic E-state index is 12.7. The number of anilines is 2. The number of nitrogens with zero attached hydrogens (tertiary/aromatic N) is 3. The molecular formula is C15H16N4O2. The van der Waals surface area contributed by atoms with E-state index in [-0.39, 0.29) is 18.4 Å². The van der Waals surface area contributed by atoms with Gasteiger partial charge < -0.3 is 5.32 Å². The van der Waals surface area contributed by atoms with Crippen molar-refractivity contribution in [2.75, 3.05) is 16.8 Å². The van der Waals surface area contributed by atoms with Crippen LogP contribution in [0.25, 0.3) is 0 Å². The molecule has 0 saturated carbocycles. The van der Waals surface area contributed by atoms with Crippen LogP contribution < -0.4 is 10.2 Å². The standard InChI is InChI=1S/C15H16N4O2/c1-3-10-8-13(18(2)17-10)15(21)19-9-14(20)16-11-6-4-5-7-12(11)19/h4-8H,3,9H2,1-2H3,(H,16,20). The number of amides is 2. The van der Waals surface area contributed by atoms with Crippen molar-refractivity contribution in [3.63, 3.8) is 0 Å². The zero-order chi connectivity index (χ0) is 15.0. The van der Waals surface area contributed by atoms with Gasteiger partial charge in [0.1, 0.15) is 12.2 Å². The van der Waals surface area contributed by atoms with E-state index in [2.05, 4.69) is 10.4 Å². The van der Waals surface area contributed by atoms with Crippen molar-refractivity contribution in [2.45, 2.75) is 13.3 Å². The van der Waals surface area contributed by atoms with Gasteiger partial charge in [-0.3, -0.25) is 19.2 Å². The van der Waals surface area contributed by atoms with E-state index >= 15 is 0 Å². The number of carbonyl (C=O) groups is 2. The largest absolute Gasteiger partial charge is 0.323 e. The Morgan fingerprint density at radius 1 is 1.38 bits per heavy atom. The van der Waals surface area contributed by atoms with Gasteiger partial charge in [-0.2, -0.15) is 5.10 Å². The van der Waals surface area contributed by atoms with E-state index in [1.54, 1.807) is 23.9 Å². The molecule has 0 saturated heterocycles. The third kappa shape index (κ3) is 2.29. The van der Waals surface area contributed by atoms with Crippen LogP contribution in [0.15, 0.2) is 30.3 Å². The maximum absolute atomic E-state index is 12.7. The zero-order valence-electron chi connectivity index (χ0n) is 12.0. The first-order chi connectivity index (χ1) is 10.1. The van der Waals surface area contributed by atoms with Crippen LogP contribution in [0.5, 0.6) is 0 Å². The summed E-state index contributed by atoms with van der Waals surface area (Å²) in [4.78, 5) is 26.0. The summed E-state index contributed by atoms with van der Waals surface area (Å²) in [5, 5.41) is 7.06. The summed E-state index contributed by atoms with van der Waals surface area (Å²) < 4.78 is 1.57. The summed E-state index contributed by atoms with van der Waals surface area (Å²) in [5.41, 5.74) is 2.70. The molecule has 21 heavy (non-hydrogen) atoms. The minimum atomic E-state index is -0.216. The van der Waals surface area contributed by atoms with E-state index < -0.39 is 0 Å². The SMILES string of the molecule is CCc1cc(C(=O)N2CC(=O)Nc3ccccc32)n(C)n1. The number of fused-ring (bicyclic) bond motifs is 1. The topological polar surface area (TPSA) is 67.2 Å². The first-order valence-corrected chi connectivity index (χ1v) is 6.84. The van der Waals surface area contributed by atoms with Crippen molar-refractivity contribution < 1.29 is 9.59 Å². The normalized spacial score (nSPS) is 13.8. The number of aromatic nitrogens is 2. The monoisotopic (exact) mass is 284 g/mol. The number of carbonyl (C=O) groups excluding carboxylic acids is 2. The first kappa shape index (κ1) is 13.4. The number of benzene rings is 1. The Kier molecular flexibility index (Phi) is 3.21. The number of nitrogens with one attached hydrogen (secondary N) is 1. The number of aryl methyl sites for hydroxylation is 2. The molecule has 0 spiro atoms. The Hall–Kier alpha value is -2.63. The molecule has 1 N–H and O–H groups in total. The molecule has 1 aliphatic heterocycles.